The van der Waals surface area contributed by atoms with Crippen molar-refractivity contribution in [1.29, 1.82) is 0 Å². The van der Waals surface area contributed by atoms with Crippen LogP contribution in [0.5, 0.6) is 5.75 Å². The van der Waals surface area contributed by atoms with Crippen LogP contribution in [-0.2, 0) is 23.3 Å². The Bertz CT molecular complexity index is 968. The fourth-order valence-corrected chi connectivity index (χ4v) is 4.75. The summed E-state index contributed by atoms with van der Waals surface area (Å²) in [6.45, 7) is 0.714. The van der Waals surface area contributed by atoms with E-state index in [-0.39, 0.29) is 31.2 Å². The van der Waals surface area contributed by atoms with Crippen molar-refractivity contribution in [2.24, 2.45) is 0 Å². The number of methoxy groups -OCH3 is 1. The number of benzene rings is 2. The fourth-order valence-electron chi connectivity index (χ4n) is 2.96. The Hall–Kier alpha value is -2.00. The molecule has 0 N–H and O–H groups in total. The molecule has 0 saturated carbocycles. The second-order valence-corrected chi connectivity index (χ2v) is 8.44. The van der Waals surface area contributed by atoms with Crippen molar-refractivity contribution < 1.29 is 22.3 Å². The number of hydrogen-bond acceptors (Lipinski definition) is 4. The summed E-state index contributed by atoms with van der Waals surface area (Å²) < 4.78 is 46.8. The lowest BCUT2D eigenvalue weighted by molar-refractivity contribution is 0.112. The van der Waals surface area contributed by atoms with Gasteiger partial charge in [0.15, 0.2) is 0 Å². The SMILES string of the molecule is COc1ccc(C=O)cc1CN1CCN(Cc2ccc(F)cc2Cl)S1(=O)=O. The minimum atomic E-state index is -3.73. The van der Waals surface area contributed by atoms with Crippen molar-refractivity contribution in [2.75, 3.05) is 20.2 Å². The molecule has 3 rings (SSSR count). The third-order valence-electron chi connectivity index (χ3n) is 4.40. The van der Waals surface area contributed by atoms with Crippen molar-refractivity contribution in [2.45, 2.75) is 13.1 Å². The van der Waals surface area contributed by atoms with Gasteiger partial charge in [-0.1, -0.05) is 17.7 Å². The summed E-state index contributed by atoms with van der Waals surface area (Å²) in [5.41, 5.74) is 1.58. The smallest absolute Gasteiger partial charge is 0.282 e. The lowest BCUT2D eigenvalue weighted by Gasteiger charge is -2.20. The third kappa shape index (κ3) is 4.14. The van der Waals surface area contributed by atoms with Crippen LogP contribution in [0, 0.1) is 5.82 Å². The van der Waals surface area contributed by atoms with Crippen LogP contribution >= 0.6 is 11.6 Å². The van der Waals surface area contributed by atoms with Crippen molar-refractivity contribution in [3.63, 3.8) is 0 Å². The van der Waals surface area contributed by atoms with E-state index in [1.807, 2.05) is 0 Å². The lowest BCUT2D eigenvalue weighted by atomic mass is 10.1. The number of halogens is 2. The van der Waals surface area contributed by atoms with Crippen LogP contribution in [0.3, 0.4) is 0 Å². The van der Waals surface area contributed by atoms with Crippen LogP contribution < -0.4 is 4.74 Å². The van der Waals surface area contributed by atoms with E-state index in [2.05, 4.69) is 0 Å². The zero-order valence-corrected chi connectivity index (χ0v) is 16.1. The number of carbonyl (C=O) groups is 1. The molecule has 1 aliphatic rings. The number of ether oxygens (including phenoxy) is 1. The minimum Gasteiger partial charge on any atom is -0.496 e. The largest absolute Gasteiger partial charge is 0.496 e. The average molecular weight is 413 g/mol. The Balaban J connectivity index is 1.81. The molecule has 0 bridgehead atoms. The minimum absolute atomic E-state index is 0.0590. The maximum atomic E-state index is 13.2. The van der Waals surface area contributed by atoms with Gasteiger partial charge in [-0.25, -0.2) is 4.39 Å². The van der Waals surface area contributed by atoms with Gasteiger partial charge in [0.25, 0.3) is 10.2 Å². The van der Waals surface area contributed by atoms with E-state index in [1.165, 1.54) is 27.9 Å². The molecule has 27 heavy (non-hydrogen) atoms. The Kier molecular flexibility index (Phi) is 5.81. The molecule has 1 saturated heterocycles. The monoisotopic (exact) mass is 412 g/mol. The maximum absolute atomic E-state index is 13.2. The molecular formula is C18H18ClFN2O4S. The van der Waals surface area contributed by atoms with E-state index in [9.17, 15) is 17.6 Å². The number of rotatable bonds is 6. The molecule has 1 fully saturated rings. The molecule has 0 aliphatic carbocycles. The molecule has 0 unspecified atom stereocenters. The van der Waals surface area contributed by atoms with E-state index in [4.69, 9.17) is 16.3 Å². The zero-order chi connectivity index (χ0) is 19.6. The van der Waals surface area contributed by atoms with Gasteiger partial charge >= 0.3 is 0 Å². The number of nitrogens with zero attached hydrogens (tertiary/aromatic N) is 2. The molecule has 0 spiro atoms. The zero-order valence-electron chi connectivity index (χ0n) is 14.6. The van der Waals surface area contributed by atoms with Gasteiger partial charge in [-0.05, 0) is 35.9 Å². The molecule has 6 nitrogen and oxygen atoms in total. The molecule has 0 amide bonds. The van der Waals surface area contributed by atoms with Gasteiger partial charge in [-0.3, -0.25) is 4.79 Å². The topological polar surface area (TPSA) is 66.9 Å². The van der Waals surface area contributed by atoms with Crippen LogP contribution in [0.15, 0.2) is 36.4 Å². The highest BCUT2D eigenvalue weighted by atomic mass is 35.5. The van der Waals surface area contributed by atoms with E-state index in [0.717, 1.165) is 6.07 Å². The standard InChI is InChI=1S/C18H18ClFN2O4S/c1-26-18-5-2-13(12-23)8-15(18)11-22-7-6-21(27(22,24)25)10-14-3-4-16(20)9-17(14)19/h2-5,8-9,12H,6-7,10-11H2,1H3. The van der Waals surface area contributed by atoms with Crippen molar-refractivity contribution in [1.82, 2.24) is 8.61 Å². The van der Waals surface area contributed by atoms with Gasteiger partial charge in [0.2, 0.25) is 0 Å². The van der Waals surface area contributed by atoms with E-state index >= 15 is 0 Å². The quantitative estimate of drug-likeness (QED) is 0.684. The summed E-state index contributed by atoms with van der Waals surface area (Å²) in [4.78, 5) is 11.0. The third-order valence-corrected chi connectivity index (χ3v) is 6.68. The summed E-state index contributed by atoms with van der Waals surface area (Å²) in [7, 11) is -2.24. The highest BCUT2D eigenvalue weighted by molar-refractivity contribution is 7.86. The summed E-state index contributed by atoms with van der Waals surface area (Å²) in [5.74, 6) is 0.0349. The molecule has 0 radical (unpaired) electrons. The van der Waals surface area contributed by atoms with Crippen molar-refractivity contribution in [3.05, 3.63) is 63.9 Å². The van der Waals surface area contributed by atoms with Crippen LogP contribution in [-0.4, -0.2) is 43.5 Å². The first-order valence-corrected chi connectivity index (χ1v) is 9.94. The van der Waals surface area contributed by atoms with Gasteiger partial charge in [0.1, 0.15) is 17.9 Å². The Morgan fingerprint density at radius 2 is 1.78 bits per heavy atom. The molecule has 2 aromatic carbocycles. The van der Waals surface area contributed by atoms with Gasteiger partial charge in [-0.15, -0.1) is 0 Å². The Morgan fingerprint density at radius 3 is 2.37 bits per heavy atom. The van der Waals surface area contributed by atoms with Gasteiger partial charge in [0.05, 0.1) is 7.11 Å². The molecule has 144 valence electrons. The molecule has 1 heterocycles. The fraction of sp³-hybridized carbons (Fsp3) is 0.278. The lowest BCUT2D eigenvalue weighted by Crippen LogP contribution is -2.32. The highest BCUT2D eigenvalue weighted by Crippen LogP contribution is 2.28. The highest BCUT2D eigenvalue weighted by Gasteiger charge is 2.37. The van der Waals surface area contributed by atoms with Gasteiger partial charge in [-0.2, -0.15) is 17.0 Å². The summed E-state index contributed by atoms with van der Waals surface area (Å²) in [6.07, 6.45) is 0.699. The predicted molar refractivity (Wildman–Crippen MR) is 99.5 cm³/mol. The van der Waals surface area contributed by atoms with Crippen molar-refractivity contribution >= 4 is 28.1 Å². The molecule has 1 aliphatic heterocycles. The van der Waals surface area contributed by atoms with Crippen LogP contribution in [0.25, 0.3) is 0 Å². The van der Waals surface area contributed by atoms with E-state index in [1.54, 1.807) is 18.2 Å². The first-order valence-electron chi connectivity index (χ1n) is 8.16. The van der Waals surface area contributed by atoms with Gasteiger partial charge < -0.3 is 4.74 Å². The second kappa shape index (κ2) is 7.93. The Labute approximate surface area is 162 Å². The predicted octanol–water partition coefficient (Wildman–Crippen LogP) is 2.86. The van der Waals surface area contributed by atoms with Crippen LogP contribution in [0.2, 0.25) is 5.02 Å². The second-order valence-electron chi connectivity index (χ2n) is 6.10. The van der Waals surface area contributed by atoms with Crippen LogP contribution in [0.1, 0.15) is 21.5 Å². The summed E-state index contributed by atoms with van der Waals surface area (Å²) >= 11 is 6.02. The number of carbonyl (C=O) groups excluding carboxylic acids is 1. The van der Waals surface area contributed by atoms with Gasteiger partial charge in [0, 0.05) is 42.3 Å². The molecular weight excluding hydrogens is 395 g/mol. The number of aldehydes is 1. The van der Waals surface area contributed by atoms with Crippen molar-refractivity contribution in [3.8, 4) is 5.75 Å². The number of hydrogen-bond donors (Lipinski definition) is 0. The maximum Gasteiger partial charge on any atom is 0.282 e. The molecule has 0 atom stereocenters. The normalized spacial score (nSPS) is 17.1. The van der Waals surface area contributed by atoms with E-state index < -0.39 is 16.0 Å². The summed E-state index contributed by atoms with van der Waals surface area (Å²) in [5, 5.41) is 0.184. The summed E-state index contributed by atoms with van der Waals surface area (Å²) in [6, 6.07) is 8.74. The average Bonchev–Trinajstić information content (AvgIpc) is 2.91. The molecule has 2 aromatic rings. The molecule has 9 heteroatoms. The molecule has 0 aromatic heterocycles. The first-order chi connectivity index (χ1) is 12.8. The van der Waals surface area contributed by atoms with Crippen LogP contribution in [0.4, 0.5) is 4.39 Å². The van der Waals surface area contributed by atoms with E-state index in [0.29, 0.717) is 28.7 Å². The Morgan fingerprint density at radius 1 is 1.11 bits per heavy atom. The first kappa shape index (κ1) is 19.8.